The monoisotopic (exact) mass is 239 g/mol. The van der Waals surface area contributed by atoms with Gasteiger partial charge in [0.15, 0.2) is 5.96 Å². The Kier molecular flexibility index (Phi) is 3.97. The molecule has 1 aromatic heterocycles. The summed E-state index contributed by atoms with van der Waals surface area (Å²) in [4.78, 5) is 6.94. The van der Waals surface area contributed by atoms with Crippen molar-refractivity contribution in [2.24, 2.45) is 10.7 Å². The number of rotatable bonds is 2. The molecule has 0 fully saturated rings. The van der Waals surface area contributed by atoms with Gasteiger partial charge >= 0.3 is 0 Å². The first-order valence-corrected chi connectivity index (χ1v) is 6.23. The Morgan fingerprint density at radius 3 is 2.50 bits per heavy atom. The highest BCUT2D eigenvalue weighted by Crippen LogP contribution is 2.21. The van der Waals surface area contributed by atoms with Gasteiger partial charge in [0.25, 0.3) is 0 Å². The van der Waals surface area contributed by atoms with Gasteiger partial charge in [-0.15, -0.1) is 11.3 Å². The summed E-state index contributed by atoms with van der Waals surface area (Å²) in [5.74, 6) is 0.510. The summed E-state index contributed by atoms with van der Waals surface area (Å²) >= 11 is 1.78. The summed E-state index contributed by atoms with van der Waals surface area (Å²) in [6, 6.07) is 2.17. The lowest BCUT2D eigenvalue weighted by atomic mass is 10.1. The van der Waals surface area contributed by atoms with Crippen molar-refractivity contribution in [1.82, 2.24) is 5.32 Å². The van der Waals surface area contributed by atoms with Crippen LogP contribution in [-0.4, -0.2) is 11.5 Å². The van der Waals surface area contributed by atoms with E-state index in [1.165, 1.54) is 15.3 Å². The van der Waals surface area contributed by atoms with Crippen molar-refractivity contribution < 1.29 is 0 Å². The molecule has 0 aliphatic rings. The van der Waals surface area contributed by atoms with Gasteiger partial charge in [0, 0.05) is 15.3 Å². The minimum atomic E-state index is -0.0329. The molecule has 3 nitrogen and oxygen atoms in total. The lowest BCUT2D eigenvalue weighted by molar-refractivity contribution is 0.508. The van der Waals surface area contributed by atoms with Crippen molar-refractivity contribution in [3.63, 3.8) is 0 Å². The van der Waals surface area contributed by atoms with E-state index in [0.717, 1.165) is 0 Å². The van der Waals surface area contributed by atoms with E-state index in [1.807, 2.05) is 0 Å². The second-order valence-electron chi connectivity index (χ2n) is 5.03. The molecule has 1 heterocycles. The van der Waals surface area contributed by atoms with Gasteiger partial charge in [0.05, 0.1) is 6.54 Å². The predicted molar refractivity (Wildman–Crippen MR) is 72.0 cm³/mol. The molecule has 1 aromatic rings. The van der Waals surface area contributed by atoms with Crippen molar-refractivity contribution in [3.05, 3.63) is 21.4 Å². The minimum Gasteiger partial charge on any atom is -0.370 e. The molecule has 0 radical (unpaired) electrons. The molecule has 0 saturated carbocycles. The summed E-state index contributed by atoms with van der Waals surface area (Å²) in [5, 5.41) is 3.14. The third-order valence-electron chi connectivity index (χ3n) is 2.13. The molecule has 0 unspecified atom stereocenters. The van der Waals surface area contributed by atoms with Crippen molar-refractivity contribution in [2.75, 3.05) is 0 Å². The molecule has 90 valence electrons. The number of guanidine groups is 1. The molecule has 0 aliphatic heterocycles. The minimum absolute atomic E-state index is 0.0329. The smallest absolute Gasteiger partial charge is 0.189 e. The van der Waals surface area contributed by atoms with Crippen LogP contribution >= 0.6 is 11.3 Å². The van der Waals surface area contributed by atoms with Crippen molar-refractivity contribution in [1.29, 1.82) is 0 Å². The molecule has 0 spiro atoms. The van der Waals surface area contributed by atoms with Crippen LogP contribution in [0.2, 0.25) is 0 Å². The van der Waals surface area contributed by atoms with E-state index in [-0.39, 0.29) is 5.54 Å². The maximum Gasteiger partial charge on any atom is 0.189 e. The molecule has 16 heavy (non-hydrogen) atoms. The fraction of sp³-hybridized carbons (Fsp3) is 0.583. The molecule has 4 heteroatoms. The van der Waals surface area contributed by atoms with Gasteiger partial charge in [-0.2, -0.15) is 0 Å². The Balaban J connectivity index is 2.59. The number of nitrogens with one attached hydrogen (secondary N) is 1. The van der Waals surface area contributed by atoms with Crippen LogP contribution in [-0.2, 0) is 6.54 Å². The molecule has 0 bridgehead atoms. The topological polar surface area (TPSA) is 50.4 Å². The fourth-order valence-electron chi connectivity index (χ4n) is 1.31. The van der Waals surface area contributed by atoms with Gasteiger partial charge in [-0.05, 0) is 46.2 Å². The number of hydrogen-bond donors (Lipinski definition) is 2. The van der Waals surface area contributed by atoms with Gasteiger partial charge in [-0.1, -0.05) is 0 Å². The van der Waals surface area contributed by atoms with E-state index in [0.29, 0.717) is 12.5 Å². The standard InChI is InChI=1S/C12H21N3S/c1-8-6-10(16-9(8)2)7-14-11(13)15-12(3,4)5/h6H,7H2,1-5H3,(H3,13,14,15). The Morgan fingerprint density at radius 1 is 1.44 bits per heavy atom. The maximum atomic E-state index is 5.80. The number of nitrogens with two attached hydrogens (primary N) is 1. The Morgan fingerprint density at radius 2 is 2.06 bits per heavy atom. The summed E-state index contributed by atoms with van der Waals surface area (Å²) in [6.07, 6.45) is 0. The van der Waals surface area contributed by atoms with Gasteiger partial charge in [-0.3, -0.25) is 0 Å². The molecule has 0 saturated heterocycles. The van der Waals surface area contributed by atoms with Crippen LogP contribution in [0.15, 0.2) is 11.1 Å². The SMILES string of the molecule is Cc1cc(CN=C(N)NC(C)(C)C)sc1C. The zero-order valence-electron chi connectivity index (χ0n) is 10.7. The van der Waals surface area contributed by atoms with E-state index in [1.54, 1.807) is 11.3 Å². The van der Waals surface area contributed by atoms with Crippen LogP contribution < -0.4 is 11.1 Å². The van der Waals surface area contributed by atoms with Crippen LogP contribution in [0.25, 0.3) is 0 Å². The number of hydrogen-bond acceptors (Lipinski definition) is 2. The zero-order valence-corrected chi connectivity index (χ0v) is 11.5. The summed E-state index contributed by atoms with van der Waals surface area (Å²) < 4.78 is 0. The normalized spacial score (nSPS) is 12.9. The van der Waals surface area contributed by atoms with E-state index in [2.05, 4.69) is 51.0 Å². The van der Waals surface area contributed by atoms with Gasteiger partial charge in [0.2, 0.25) is 0 Å². The Hall–Kier alpha value is -1.03. The van der Waals surface area contributed by atoms with Crippen LogP contribution in [0, 0.1) is 13.8 Å². The summed E-state index contributed by atoms with van der Waals surface area (Å²) in [7, 11) is 0. The highest BCUT2D eigenvalue weighted by atomic mass is 32.1. The van der Waals surface area contributed by atoms with Crippen molar-refractivity contribution in [2.45, 2.75) is 46.7 Å². The second-order valence-corrected chi connectivity index (χ2v) is 6.37. The van der Waals surface area contributed by atoms with E-state index < -0.39 is 0 Å². The fourth-order valence-corrected chi connectivity index (χ4v) is 2.29. The molecule has 1 rings (SSSR count). The Labute approximate surface area is 102 Å². The predicted octanol–water partition coefficient (Wildman–Crippen LogP) is 2.57. The average molecular weight is 239 g/mol. The van der Waals surface area contributed by atoms with Gasteiger partial charge < -0.3 is 11.1 Å². The number of thiophene rings is 1. The quantitative estimate of drug-likeness (QED) is 0.615. The van der Waals surface area contributed by atoms with Crippen LogP contribution in [0.3, 0.4) is 0 Å². The second kappa shape index (κ2) is 4.87. The summed E-state index contributed by atoms with van der Waals surface area (Å²) in [5.41, 5.74) is 7.09. The molecule has 0 aromatic carbocycles. The van der Waals surface area contributed by atoms with Gasteiger partial charge in [-0.25, -0.2) is 4.99 Å². The number of aryl methyl sites for hydroxylation is 2. The maximum absolute atomic E-state index is 5.80. The highest BCUT2D eigenvalue weighted by Gasteiger charge is 2.09. The highest BCUT2D eigenvalue weighted by molar-refractivity contribution is 7.12. The summed E-state index contributed by atoms with van der Waals surface area (Å²) in [6.45, 7) is 11.1. The molecular weight excluding hydrogens is 218 g/mol. The molecule has 0 aliphatic carbocycles. The van der Waals surface area contributed by atoms with E-state index >= 15 is 0 Å². The lowest BCUT2D eigenvalue weighted by Crippen LogP contribution is -2.44. The zero-order chi connectivity index (χ0) is 12.3. The third-order valence-corrected chi connectivity index (χ3v) is 3.26. The van der Waals surface area contributed by atoms with Crippen molar-refractivity contribution >= 4 is 17.3 Å². The number of nitrogens with zero attached hydrogens (tertiary/aromatic N) is 1. The first kappa shape index (κ1) is 13.0. The first-order valence-electron chi connectivity index (χ1n) is 5.42. The van der Waals surface area contributed by atoms with Crippen LogP contribution in [0.1, 0.15) is 36.1 Å². The Bertz CT molecular complexity index is 366. The molecule has 0 atom stereocenters. The molecular formula is C12H21N3S. The largest absolute Gasteiger partial charge is 0.370 e. The van der Waals surface area contributed by atoms with E-state index in [9.17, 15) is 0 Å². The van der Waals surface area contributed by atoms with Crippen molar-refractivity contribution in [3.8, 4) is 0 Å². The first-order chi connectivity index (χ1) is 7.28. The third kappa shape index (κ3) is 4.23. The van der Waals surface area contributed by atoms with Crippen LogP contribution in [0.4, 0.5) is 0 Å². The number of aliphatic imine (C=N–C) groups is 1. The average Bonchev–Trinajstić information content (AvgIpc) is 2.40. The lowest BCUT2D eigenvalue weighted by Gasteiger charge is -2.20. The molecule has 3 N–H and O–H groups in total. The molecule has 0 amide bonds. The van der Waals surface area contributed by atoms with E-state index in [4.69, 9.17) is 5.73 Å². The van der Waals surface area contributed by atoms with Gasteiger partial charge in [0.1, 0.15) is 0 Å². The van der Waals surface area contributed by atoms with Crippen LogP contribution in [0.5, 0.6) is 0 Å².